The van der Waals surface area contributed by atoms with Crippen LogP contribution in [0.15, 0.2) is 47.1 Å². The van der Waals surface area contributed by atoms with Gasteiger partial charge in [0.25, 0.3) is 0 Å². The second kappa shape index (κ2) is 11.3. The molecule has 1 aromatic rings. The van der Waals surface area contributed by atoms with Crippen molar-refractivity contribution in [2.24, 2.45) is 0 Å². The van der Waals surface area contributed by atoms with E-state index in [-0.39, 0.29) is 23.1 Å². The number of benzene rings is 1. The van der Waals surface area contributed by atoms with Crippen LogP contribution in [-0.2, 0) is 24.1 Å². The average Bonchev–Trinajstić information content (AvgIpc) is 2.81. The van der Waals surface area contributed by atoms with Crippen molar-refractivity contribution in [2.45, 2.75) is 35.6 Å². The molecule has 0 saturated carbocycles. The van der Waals surface area contributed by atoms with Gasteiger partial charge in [-0.15, -0.1) is 0 Å². The molecule has 10 heteroatoms. The van der Waals surface area contributed by atoms with Crippen LogP contribution in [0.2, 0.25) is 0 Å². The van der Waals surface area contributed by atoms with Crippen molar-refractivity contribution < 1.29 is 32.2 Å². The summed E-state index contributed by atoms with van der Waals surface area (Å²) in [4.78, 5) is 10.4. The number of hydrogen-bond acceptors (Lipinski definition) is 8. The molecule has 2 unspecified atom stereocenters. The van der Waals surface area contributed by atoms with E-state index in [4.69, 9.17) is 18.9 Å². The number of ether oxygens (including phenoxy) is 4. The number of unbranched alkanes of at least 4 members (excludes halogenated alkanes) is 1. The Balaban J connectivity index is 2.42. The molecule has 1 amide bonds. The van der Waals surface area contributed by atoms with Gasteiger partial charge in [-0.05, 0) is 36.8 Å². The second-order valence-electron chi connectivity index (χ2n) is 7.11. The molecule has 32 heavy (non-hydrogen) atoms. The minimum atomic E-state index is -4.12. The summed E-state index contributed by atoms with van der Waals surface area (Å²) >= 11 is 0. The molecule has 178 valence electrons. The lowest BCUT2D eigenvalue weighted by molar-refractivity contribution is -0.120. The number of amides is 1. The molecule has 1 aliphatic rings. The second-order valence-corrected chi connectivity index (χ2v) is 9.23. The van der Waals surface area contributed by atoms with Crippen molar-refractivity contribution in [3.8, 4) is 11.5 Å². The highest BCUT2D eigenvalue weighted by atomic mass is 32.2. The average molecular weight is 469 g/mol. The number of rotatable bonds is 12. The molecule has 0 radical (unpaired) electrons. The number of hydrogen-bond donors (Lipinski definition) is 2. The smallest absolute Gasteiger partial charge is 0.233 e. The summed E-state index contributed by atoms with van der Waals surface area (Å²) in [6, 6.07) is 3.42. The lowest BCUT2D eigenvalue weighted by Gasteiger charge is -2.37. The molecule has 9 nitrogen and oxygen atoms in total. The van der Waals surface area contributed by atoms with Crippen molar-refractivity contribution in [3.05, 3.63) is 42.2 Å². The molecule has 0 spiro atoms. The third-order valence-corrected chi connectivity index (χ3v) is 7.49. The Kier molecular flexibility index (Phi) is 9.11. The first kappa shape index (κ1) is 25.7. The van der Waals surface area contributed by atoms with Crippen molar-refractivity contribution in [1.82, 2.24) is 10.6 Å². The van der Waals surface area contributed by atoms with E-state index in [0.717, 1.165) is 12.8 Å². The van der Waals surface area contributed by atoms with Gasteiger partial charge in [-0.1, -0.05) is 13.3 Å². The monoisotopic (exact) mass is 468 g/mol. The van der Waals surface area contributed by atoms with E-state index in [1.165, 1.54) is 58.8 Å². The molecule has 0 aromatic heterocycles. The molecule has 0 bridgehead atoms. The van der Waals surface area contributed by atoms with Crippen LogP contribution in [0.4, 0.5) is 0 Å². The van der Waals surface area contributed by atoms with Gasteiger partial charge in [-0.2, -0.15) is 0 Å². The summed E-state index contributed by atoms with van der Waals surface area (Å²) in [6.07, 6.45) is 6.35. The van der Waals surface area contributed by atoms with Crippen LogP contribution in [-0.4, -0.2) is 66.8 Å². The molecular weight excluding hydrogens is 436 g/mol. The van der Waals surface area contributed by atoms with Gasteiger partial charge in [0.1, 0.15) is 5.76 Å². The van der Waals surface area contributed by atoms with Crippen LogP contribution in [0.1, 0.15) is 19.8 Å². The molecule has 0 aliphatic heterocycles. The van der Waals surface area contributed by atoms with Gasteiger partial charge >= 0.3 is 0 Å². The van der Waals surface area contributed by atoms with Gasteiger partial charge in [0.15, 0.2) is 11.5 Å². The standard InChI is InChI=1S/C22H32N2O7S/c1-6-7-12-23-21(25)15-24-20-13-16(28-2)10-11-22(20,31-5)32(26,27)17-8-9-18(29-3)19(14-17)30-4/h8-11,13-14,20,24H,6-7,12,15H2,1-5H3,(H,23,25). The Bertz CT molecular complexity index is 959. The quantitative estimate of drug-likeness (QED) is 0.447. The van der Waals surface area contributed by atoms with Gasteiger partial charge in [-0.25, -0.2) is 8.42 Å². The van der Waals surface area contributed by atoms with Crippen LogP contribution in [0.5, 0.6) is 11.5 Å². The summed E-state index contributed by atoms with van der Waals surface area (Å²) in [5.74, 6) is 0.877. The van der Waals surface area contributed by atoms with E-state index < -0.39 is 20.8 Å². The van der Waals surface area contributed by atoms with Crippen LogP contribution in [0.3, 0.4) is 0 Å². The first-order valence-corrected chi connectivity index (χ1v) is 11.7. The predicted octanol–water partition coefficient (Wildman–Crippen LogP) is 1.79. The largest absolute Gasteiger partial charge is 0.497 e. The Labute approximate surface area is 189 Å². The summed E-state index contributed by atoms with van der Waals surface area (Å²) in [5.41, 5.74) is 0. The van der Waals surface area contributed by atoms with E-state index in [0.29, 0.717) is 18.1 Å². The molecule has 0 fully saturated rings. The molecule has 1 aliphatic carbocycles. The highest BCUT2D eigenvalue weighted by Crippen LogP contribution is 2.38. The Morgan fingerprint density at radius 2 is 1.81 bits per heavy atom. The van der Waals surface area contributed by atoms with Crippen molar-refractivity contribution >= 4 is 15.7 Å². The fraction of sp³-hybridized carbons (Fsp3) is 0.500. The maximum absolute atomic E-state index is 13.8. The Hall–Kier alpha value is -2.56. The van der Waals surface area contributed by atoms with Crippen LogP contribution in [0.25, 0.3) is 0 Å². The zero-order valence-corrected chi connectivity index (χ0v) is 20.0. The first-order chi connectivity index (χ1) is 15.3. The van der Waals surface area contributed by atoms with Crippen molar-refractivity contribution in [1.29, 1.82) is 0 Å². The van der Waals surface area contributed by atoms with Crippen LogP contribution in [0, 0.1) is 0 Å². The third-order valence-electron chi connectivity index (χ3n) is 5.22. The van der Waals surface area contributed by atoms with Gasteiger partial charge in [-0.3, -0.25) is 10.1 Å². The molecule has 2 atom stereocenters. The molecule has 2 rings (SSSR count). The molecule has 0 heterocycles. The third kappa shape index (κ3) is 5.25. The predicted molar refractivity (Wildman–Crippen MR) is 120 cm³/mol. The number of allylic oxidation sites excluding steroid dienone is 1. The number of nitrogens with one attached hydrogen (secondary N) is 2. The normalized spacial score (nSPS) is 20.4. The van der Waals surface area contributed by atoms with Gasteiger partial charge < -0.3 is 24.3 Å². The van der Waals surface area contributed by atoms with Gasteiger partial charge in [0.2, 0.25) is 20.7 Å². The van der Waals surface area contributed by atoms with Gasteiger partial charge in [0, 0.05) is 19.7 Å². The van der Waals surface area contributed by atoms with Gasteiger partial charge in [0.05, 0.1) is 38.8 Å². The topological polar surface area (TPSA) is 112 Å². The van der Waals surface area contributed by atoms with Crippen LogP contribution < -0.4 is 20.1 Å². The summed E-state index contributed by atoms with van der Waals surface area (Å²) in [6.45, 7) is 2.49. The Morgan fingerprint density at radius 3 is 2.41 bits per heavy atom. The number of methoxy groups -OCH3 is 4. The van der Waals surface area contributed by atoms with Crippen molar-refractivity contribution in [3.63, 3.8) is 0 Å². The molecular formula is C22H32N2O7S. The van der Waals surface area contributed by atoms with E-state index >= 15 is 0 Å². The number of sulfone groups is 1. The molecule has 2 N–H and O–H groups in total. The lowest BCUT2D eigenvalue weighted by atomic mass is 10.0. The molecule has 0 saturated heterocycles. The first-order valence-electron chi connectivity index (χ1n) is 10.3. The summed E-state index contributed by atoms with van der Waals surface area (Å²) in [7, 11) is 1.56. The number of carbonyl (C=O) groups is 1. The van der Waals surface area contributed by atoms with E-state index in [9.17, 15) is 13.2 Å². The van der Waals surface area contributed by atoms with E-state index in [1.807, 2.05) is 6.92 Å². The maximum atomic E-state index is 13.8. The van der Waals surface area contributed by atoms with E-state index in [1.54, 1.807) is 6.08 Å². The lowest BCUT2D eigenvalue weighted by Crippen LogP contribution is -2.57. The maximum Gasteiger partial charge on any atom is 0.233 e. The number of carbonyl (C=O) groups excluding carboxylic acids is 1. The van der Waals surface area contributed by atoms with E-state index in [2.05, 4.69) is 10.6 Å². The summed E-state index contributed by atoms with van der Waals surface area (Å²) in [5, 5.41) is 5.80. The minimum Gasteiger partial charge on any atom is -0.497 e. The molecule has 1 aromatic carbocycles. The fourth-order valence-electron chi connectivity index (χ4n) is 3.37. The summed E-state index contributed by atoms with van der Waals surface area (Å²) < 4.78 is 48.9. The zero-order chi connectivity index (χ0) is 23.8. The van der Waals surface area contributed by atoms with Crippen molar-refractivity contribution in [2.75, 3.05) is 41.5 Å². The zero-order valence-electron chi connectivity index (χ0n) is 19.1. The SMILES string of the molecule is CCCCNC(=O)CNC1C=C(OC)C=CC1(OC)S(=O)(=O)c1ccc(OC)c(OC)c1. The van der Waals surface area contributed by atoms with Crippen LogP contribution >= 0.6 is 0 Å². The fourth-order valence-corrected chi connectivity index (χ4v) is 5.20. The highest BCUT2D eigenvalue weighted by Gasteiger charge is 2.51. The minimum absolute atomic E-state index is 0.0184. The Morgan fingerprint density at radius 1 is 1.09 bits per heavy atom. The highest BCUT2D eigenvalue weighted by molar-refractivity contribution is 7.93.